The van der Waals surface area contributed by atoms with Crippen LogP contribution in [0.2, 0.25) is 10.0 Å². The number of nitrogens with one attached hydrogen (secondary N) is 1. The van der Waals surface area contributed by atoms with Crippen molar-refractivity contribution in [3.63, 3.8) is 0 Å². The summed E-state index contributed by atoms with van der Waals surface area (Å²) in [4.78, 5) is 14.4. The predicted octanol–water partition coefficient (Wildman–Crippen LogP) is 3.52. The van der Waals surface area contributed by atoms with Crippen LogP contribution in [0.25, 0.3) is 0 Å². The van der Waals surface area contributed by atoms with E-state index < -0.39 is 0 Å². The highest BCUT2D eigenvalue weighted by Crippen LogP contribution is 2.27. The normalized spacial score (nSPS) is 14.7. The van der Waals surface area contributed by atoms with Gasteiger partial charge in [0.05, 0.1) is 18.2 Å². The number of halogens is 2. The zero-order valence-electron chi connectivity index (χ0n) is 14.9. The van der Waals surface area contributed by atoms with Crippen molar-refractivity contribution < 1.29 is 14.3 Å². The van der Waals surface area contributed by atoms with Gasteiger partial charge in [0.2, 0.25) is 0 Å². The molecule has 2 aromatic carbocycles. The van der Waals surface area contributed by atoms with E-state index in [1.54, 1.807) is 18.2 Å². The van der Waals surface area contributed by atoms with Crippen molar-refractivity contribution in [1.29, 1.82) is 0 Å². The van der Waals surface area contributed by atoms with Crippen molar-refractivity contribution in [2.45, 2.75) is 13.1 Å². The molecule has 27 heavy (non-hydrogen) atoms. The van der Waals surface area contributed by atoms with Crippen LogP contribution < -0.4 is 10.1 Å². The van der Waals surface area contributed by atoms with Gasteiger partial charge in [0.25, 0.3) is 5.91 Å². The minimum absolute atomic E-state index is 0.102. The van der Waals surface area contributed by atoms with E-state index in [0.717, 1.165) is 38.4 Å². The van der Waals surface area contributed by atoms with Gasteiger partial charge in [-0.05, 0) is 29.3 Å². The quantitative estimate of drug-likeness (QED) is 0.761. The van der Waals surface area contributed by atoms with Crippen LogP contribution in [0.3, 0.4) is 0 Å². The van der Waals surface area contributed by atoms with Crippen molar-refractivity contribution in [3.8, 4) is 5.75 Å². The summed E-state index contributed by atoms with van der Waals surface area (Å²) in [7, 11) is 0. The summed E-state index contributed by atoms with van der Waals surface area (Å²) in [6, 6.07) is 13.1. The molecule has 3 rings (SSSR count). The lowest BCUT2D eigenvalue weighted by Crippen LogP contribution is -2.35. The molecule has 1 N–H and O–H groups in total. The first kappa shape index (κ1) is 20.0. The Morgan fingerprint density at radius 1 is 1.11 bits per heavy atom. The molecule has 1 fully saturated rings. The van der Waals surface area contributed by atoms with E-state index in [1.165, 1.54) is 5.56 Å². The Morgan fingerprint density at radius 2 is 1.89 bits per heavy atom. The summed E-state index contributed by atoms with van der Waals surface area (Å²) in [6.45, 7) is 4.71. The molecule has 2 aromatic rings. The third kappa shape index (κ3) is 6.40. The molecule has 5 nitrogen and oxygen atoms in total. The molecule has 0 bridgehead atoms. The van der Waals surface area contributed by atoms with E-state index in [2.05, 4.69) is 22.3 Å². The molecule has 1 aliphatic rings. The fourth-order valence-corrected chi connectivity index (χ4v) is 3.31. The molecule has 0 saturated carbocycles. The van der Waals surface area contributed by atoms with Gasteiger partial charge in [-0.3, -0.25) is 9.69 Å². The van der Waals surface area contributed by atoms with Gasteiger partial charge in [-0.1, -0.05) is 47.5 Å². The Hall–Kier alpha value is -1.79. The Kier molecular flexibility index (Phi) is 7.35. The maximum atomic E-state index is 12.0. The van der Waals surface area contributed by atoms with Gasteiger partial charge in [-0.25, -0.2) is 0 Å². The number of morpholine rings is 1. The van der Waals surface area contributed by atoms with E-state index in [4.69, 9.17) is 32.7 Å². The second-order valence-electron chi connectivity index (χ2n) is 6.35. The van der Waals surface area contributed by atoms with Crippen LogP contribution in [-0.2, 0) is 22.6 Å². The van der Waals surface area contributed by atoms with Crippen LogP contribution >= 0.6 is 23.2 Å². The van der Waals surface area contributed by atoms with Crippen molar-refractivity contribution in [3.05, 3.63) is 63.6 Å². The summed E-state index contributed by atoms with van der Waals surface area (Å²) in [6.07, 6.45) is 0. The number of amides is 1. The average Bonchev–Trinajstić information content (AvgIpc) is 2.67. The number of benzene rings is 2. The van der Waals surface area contributed by atoms with E-state index in [9.17, 15) is 4.79 Å². The fourth-order valence-electron chi connectivity index (χ4n) is 2.84. The maximum absolute atomic E-state index is 12.0. The smallest absolute Gasteiger partial charge is 0.258 e. The lowest BCUT2D eigenvalue weighted by Gasteiger charge is -2.26. The Bertz CT molecular complexity index is 780. The molecule has 1 aliphatic heterocycles. The second-order valence-corrected chi connectivity index (χ2v) is 7.19. The Balaban J connectivity index is 1.46. The first-order chi connectivity index (χ1) is 13.1. The molecule has 0 spiro atoms. The summed E-state index contributed by atoms with van der Waals surface area (Å²) >= 11 is 11.9. The van der Waals surface area contributed by atoms with Crippen LogP contribution in [0.15, 0.2) is 42.5 Å². The number of ether oxygens (including phenoxy) is 2. The maximum Gasteiger partial charge on any atom is 0.258 e. The number of carbonyl (C=O) groups excluding carboxylic acids is 1. The molecular formula is C20H22Cl2N2O3. The number of rotatable bonds is 7. The van der Waals surface area contributed by atoms with E-state index in [0.29, 0.717) is 22.3 Å². The summed E-state index contributed by atoms with van der Waals surface area (Å²) in [5, 5.41) is 3.77. The Morgan fingerprint density at radius 3 is 2.67 bits per heavy atom. The standard InChI is InChI=1S/C20H22Cl2N2O3/c21-17-4-5-19(18(22)11-17)27-14-20(25)23-12-15-2-1-3-16(10-15)13-24-6-8-26-9-7-24/h1-5,10-11H,6-9,12-14H2,(H,23,25). The zero-order chi connectivity index (χ0) is 19.1. The van der Waals surface area contributed by atoms with Gasteiger partial charge < -0.3 is 14.8 Å². The lowest BCUT2D eigenvalue weighted by atomic mass is 10.1. The van der Waals surface area contributed by atoms with Crippen molar-refractivity contribution in [2.75, 3.05) is 32.9 Å². The molecular weight excluding hydrogens is 387 g/mol. The molecule has 7 heteroatoms. The van der Waals surface area contributed by atoms with Gasteiger partial charge in [0.1, 0.15) is 5.75 Å². The monoisotopic (exact) mass is 408 g/mol. The average molecular weight is 409 g/mol. The van der Waals surface area contributed by atoms with Crippen LogP contribution in [-0.4, -0.2) is 43.7 Å². The highest BCUT2D eigenvalue weighted by Gasteiger charge is 2.11. The van der Waals surface area contributed by atoms with Crippen molar-refractivity contribution >= 4 is 29.1 Å². The SMILES string of the molecule is O=C(COc1ccc(Cl)cc1Cl)NCc1cccc(CN2CCOCC2)c1. The minimum atomic E-state index is -0.209. The van der Waals surface area contributed by atoms with E-state index >= 15 is 0 Å². The lowest BCUT2D eigenvalue weighted by molar-refractivity contribution is -0.123. The zero-order valence-corrected chi connectivity index (χ0v) is 16.4. The topological polar surface area (TPSA) is 50.8 Å². The Labute approximate surface area is 169 Å². The molecule has 1 heterocycles. The van der Waals surface area contributed by atoms with E-state index in [-0.39, 0.29) is 12.5 Å². The number of hydrogen-bond donors (Lipinski definition) is 1. The summed E-state index contributed by atoms with van der Waals surface area (Å²) in [5.41, 5.74) is 2.28. The van der Waals surface area contributed by atoms with E-state index in [1.807, 2.05) is 12.1 Å². The van der Waals surface area contributed by atoms with Crippen LogP contribution in [0.5, 0.6) is 5.75 Å². The highest BCUT2D eigenvalue weighted by atomic mass is 35.5. The van der Waals surface area contributed by atoms with Gasteiger partial charge in [0, 0.05) is 31.2 Å². The van der Waals surface area contributed by atoms with Gasteiger partial charge in [0.15, 0.2) is 6.61 Å². The molecule has 0 unspecified atom stereocenters. The predicted molar refractivity (Wildman–Crippen MR) is 106 cm³/mol. The first-order valence-corrected chi connectivity index (χ1v) is 9.58. The first-order valence-electron chi connectivity index (χ1n) is 8.82. The number of hydrogen-bond acceptors (Lipinski definition) is 4. The molecule has 0 aromatic heterocycles. The molecule has 144 valence electrons. The van der Waals surface area contributed by atoms with Crippen LogP contribution in [0, 0.1) is 0 Å². The third-order valence-corrected chi connectivity index (χ3v) is 4.77. The fraction of sp³-hybridized carbons (Fsp3) is 0.350. The largest absolute Gasteiger partial charge is 0.482 e. The summed E-state index contributed by atoms with van der Waals surface area (Å²) < 4.78 is 10.8. The molecule has 1 amide bonds. The molecule has 0 aliphatic carbocycles. The molecule has 0 radical (unpaired) electrons. The van der Waals surface area contributed by atoms with Gasteiger partial charge in [-0.2, -0.15) is 0 Å². The number of nitrogens with zero attached hydrogens (tertiary/aromatic N) is 1. The van der Waals surface area contributed by atoms with Crippen LogP contribution in [0.4, 0.5) is 0 Å². The molecule has 1 saturated heterocycles. The van der Waals surface area contributed by atoms with Crippen LogP contribution in [0.1, 0.15) is 11.1 Å². The molecule has 0 atom stereocenters. The third-order valence-electron chi connectivity index (χ3n) is 4.24. The number of carbonyl (C=O) groups is 1. The van der Waals surface area contributed by atoms with Crippen molar-refractivity contribution in [1.82, 2.24) is 10.2 Å². The minimum Gasteiger partial charge on any atom is -0.482 e. The second kappa shape index (κ2) is 9.95. The van der Waals surface area contributed by atoms with Crippen molar-refractivity contribution in [2.24, 2.45) is 0 Å². The van der Waals surface area contributed by atoms with Gasteiger partial charge >= 0.3 is 0 Å². The van der Waals surface area contributed by atoms with Gasteiger partial charge in [-0.15, -0.1) is 0 Å². The highest BCUT2D eigenvalue weighted by molar-refractivity contribution is 6.35. The summed E-state index contributed by atoms with van der Waals surface area (Å²) in [5.74, 6) is 0.225.